The summed E-state index contributed by atoms with van der Waals surface area (Å²) in [4.78, 5) is 0.0263. The fourth-order valence-corrected chi connectivity index (χ4v) is 2.98. The van der Waals surface area contributed by atoms with Crippen molar-refractivity contribution in [3.8, 4) is 6.07 Å². The van der Waals surface area contributed by atoms with Gasteiger partial charge >= 0.3 is 0 Å². The highest BCUT2D eigenvalue weighted by atomic mass is 35.5. The van der Waals surface area contributed by atoms with E-state index in [-0.39, 0.29) is 28.1 Å². The van der Waals surface area contributed by atoms with Crippen LogP contribution in [0.5, 0.6) is 0 Å². The number of nitrogens with zero attached hydrogens (tertiary/aromatic N) is 1. The molecule has 1 aromatic rings. The van der Waals surface area contributed by atoms with Crippen LogP contribution in [0.4, 0.5) is 0 Å². The molecule has 0 fully saturated rings. The second-order valence-electron chi connectivity index (χ2n) is 3.72. The molecule has 0 aliphatic carbocycles. The first-order valence-electron chi connectivity index (χ1n) is 5.36. The molecule has 5 nitrogen and oxygen atoms in total. The summed E-state index contributed by atoms with van der Waals surface area (Å²) in [6.07, 6.45) is 0.597. The van der Waals surface area contributed by atoms with E-state index in [9.17, 15) is 8.42 Å². The normalized spacial score (nSPS) is 13.0. The third-order valence-electron chi connectivity index (χ3n) is 2.47. The molecule has 0 saturated heterocycles. The average molecular weight is 288 g/mol. The summed E-state index contributed by atoms with van der Waals surface area (Å²) in [5, 5.41) is 8.83. The van der Waals surface area contributed by atoms with Crippen LogP contribution in [0.1, 0.15) is 18.9 Å². The van der Waals surface area contributed by atoms with Gasteiger partial charge in [-0.3, -0.25) is 0 Å². The highest BCUT2D eigenvalue weighted by molar-refractivity contribution is 7.89. The lowest BCUT2D eigenvalue weighted by atomic mass is 10.2. The Morgan fingerprint density at radius 3 is 2.67 bits per heavy atom. The van der Waals surface area contributed by atoms with Crippen molar-refractivity contribution in [2.24, 2.45) is 5.73 Å². The first-order valence-corrected chi connectivity index (χ1v) is 7.22. The number of nitriles is 1. The molecule has 0 aliphatic heterocycles. The molecule has 1 rings (SSSR count). The fourth-order valence-electron chi connectivity index (χ4n) is 1.34. The second-order valence-corrected chi connectivity index (χ2v) is 5.84. The van der Waals surface area contributed by atoms with E-state index in [2.05, 4.69) is 4.72 Å². The van der Waals surface area contributed by atoms with Crippen molar-refractivity contribution in [2.75, 3.05) is 6.54 Å². The molecule has 0 saturated carbocycles. The molecule has 0 amide bonds. The van der Waals surface area contributed by atoms with Crippen LogP contribution >= 0.6 is 11.6 Å². The van der Waals surface area contributed by atoms with E-state index in [1.54, 1.807) is 0 Å². The number of halogens is 1. The number of benzene rings is 1. The highest BCUT2D eigenvalue weighted by Gasteiger charge is 2.19. The number of hydrogen-bond acceptors (Lipinski definition) is 4. The molecule has 0 spiro atoms. The average Bonchev–Trinajstić information content (AvgIpc) is 2.35. The Bertz CT molecular complexity index is 562. The summed E-state index contributed by atoms with van der Waals surface area (Å²) in [6, 6.07) is 5.53. The maximum Gasteiger partial charge on any atom is 0.240 e. The first kappa shape index (κ1) is 14.9. The zero-order chi connectivity index (χ0) is 13.8. The minimum Gasteiger partial charge on any atom is -0.329 e. The van der Waals surface area contributed by atoms with E-state index >= 15 is 0 Å². The van der Waals surface area contributed by atoms with Crippen molar-refractivity contribution in [2.45, 2.75) is 24.3 Å². The molecule has 1 aromatic carbocycles. The molecule has 1 atom stereocenters. The van der Waals surface area contributed by atoms with Crippen molar-refractivity contribution in [1.82, 2.24) is 4.72 Å². The summed E-state index contributed by atoms with van der Waals surface area (Å²) in [7, 11) is -3.66. The lowest BCUT2D eigenvalue weighted by Gasteiger charge is -2.15. The maximum absolute atomic E-state index is 12.0. The van der Waals surface area contributed by atoms with Gasteiger partial charge in [-0.15, -0.1) is 0 Å². The highest BCUT2D eigenvalue weighted by Crippen LogP contribution is 2.20. The molecular weight excluding hydrogens is 274 g/mol. The molecule has 3 N–H and O–H groups in total. The molecule has 0 aliphatic rings. The van der Waals surface area contributed by atoms with Crippen LogP contribution in [0.25, 0.3) is 0 Å². The number of nitrogens with one attached hydrogen (secondary N) is 1. The van der Waals surface area contributed by atoms with Crippen molar-refractivity contribution < 1.29 is 8.42 Å². The topological polar surface area (TPSA) is 96.0 Å². The molecular formula is C11H14ClN3O2S. The van der Waals surface area contributed by atoms with E-state index in [1.165, 1.54) is 18.2 Å². The van der Waals surface area contributed by atoms with Crippen LogP contribution in [0, 0.1) is 11.3 Å². The standard InChI is InChI=1S/C11H14ClN3O2S/c1-2-9(7-14)15-18(16,17)10-4-3-8(6-13)11(12)5-10/h3-5,9,15H,2,7,14H2,1H3. The Morgan fingerprint density at radius 2 is 2.22 bits per heavy atom. The molecule has 0 aromatic heterocycles. The largest absolute Gasteiger partial charge is 0.329 e. The van der Waals surface area contributed by atoms with Crippen LogP contribution in [0.3, 0.4) is 0 Å². The molecule has 7 heteroatoms. The van der Waals surface area contributed by atoms with E-state index in [0.29, 0.717) is 6.42 Å². The van der Waals surface area contributed by atoms with Gasteiger partial charge in [0.2, 0.25) is 10.0 Å². The van der Waals surface area contributed by atoms with Gasteiger partial charge in [-0.25, -0.2) is 13.1 Å². The molecule has 0 radical (unpaired) electrons. The number of rotatable bonds is 5. The Hall–Kier alpha value is -1.13. The Kier molecular flexibility index (Phi) is 5.11. The molecule has 0 heterocycles. The molecule has 0 bridgehead atoms. The van der Waals surface area contributed by atoms with E-state index < -0.39 is 10.0 Å². The van der Waals surface area contributed by atoms with Gasteiger partial charge < -0.3 is 5.73 Å². The van der Waals surface area contributed by atoms with Crippen LogP contribution in [0.15, 0.2) is 23.1 Å². The summed E-state index contributed by atoms with van der Waals surface area (Å²) in [6.45, 7) is 2.06. The third kappa shape index (κ3) is 3.43. The van der Waals surface area contributed by atoms with Crippen LogP contribution in [0.2, 0.25) is 5.02 Å². The van der Waals surface area contributed by atoms with Crippen molar-refractivity contribution in [3.05, 3.63) is 28.8 Å². The van der Waals surface area contributed by atoms with E-state index in [1.807, 2.05) is 13.0 Å². The first-order chi connectivity index (χ1) is 8.44. The number of nitrogens with two attached hydrogens (primary N) is 1. The lowest BCUT2D eigenvalue weighted by Crippen LogP contribution is -2.39. The smallest absolute Gasteiger partial charge is 0.240 e. The quantitative estimate of drug-likeness (QED) is 0.851. The van der Waals surface area contributed by atoms with Gasteiger partial charge in [0.1, 0.15) is 6.07 Å². The van der Waals surface area contributed by atoms with Gasteiger partial charge in [-0.05, 0) is 24.6 Å². The van der Waals surface area contributed by atoms with Crippen molar-refractivity contribution in [3.63, 3.8) is 0 Å². The van der Waals surface area contributed by atoms with Gasteiger partial charge in [0, 0.05) is 12.6 Å². The van der Waals surface area contributed by atoms with E-state index in [4.69, 9.17) is 22.6 Å². The van der Waals surface area contributed by atoms with Gasteiger partial charge in [0.05, 0.1) is 15.5 Å². The fraction of sp³-hybridized carbons (Fsp3) is 0.364. The molecule has 1 unspecified atom stereocenters. The number of hydrogen-bond donors (Lipinski definition) is 2. The van der Waals surface area contributed by atoms with Crippen molar-refractivity contribution in [1.29, 1.82) is 5.26 Å². The predicted molar refractivity (Wildman–Crippen MR) is 69.6 cm³/mol. The monoisotopic (exact) mass is 287 g/mol. The second kappa shape index (κ2) is 6.16. The molecule has 18 heavy (non-hydrogen) atoms. The van der Waals surface area contributed by atoms with Gasteiger partial charge in [-0.1, -0.05) is 18.5 Å². The minimum atomic E-state index is -3.66. The summed E-state index contributed by atoms with van der Waals surface area (Å²) in [5.74, 6) is 0. The summed E-state index contributed by atoms with van der Waals surface area (Å²) >= 11 is 5.80. The summed E-state index contributed by atoms with van der Waals surface area (Å²) in [5.41, 5.74) is 5.69. The van der Waals surface area contributed by atoms with E-state index in [0.717, 1.165) is 0 Å². The Labute approximate surface area is 112 Å². The molecule has 98 valence electrons. The zero-order valence-electron chi connectivity index (χ0n) is 9.85. The summed E-state index contributed by atoms with van der Waals surface area (Å²) < 4.78 is 26.5. The number of sulfonamides is 1. The maximum atomic E-state index is 12.0. The lowest BCUT2D eigenvalue weighted by molar-refractivity contribution is 0.542. The Morgan fingerprint density at radius 1 is 1.56 bits per heavy atom. The predicted octanol–water partition coefficient (Wildman–Crippen LogP) is 1.23. The zero-order valence-corrected chi connectivity index (χ0v) is 11.4. The van der Waals surface area contributed by atoms with Gasteiger partial charge in [-0.2, -0.15) is 5.26 Å². The van der Waals surface area contributed by atoms with Gasteiger partial charge in [0.15, 0.2) is 0 Å². The van der Waals surface area contributed by atoms with Crippen LogP contribution < -0.4 is 10.5 Å². The van der Waals surface area contributed by atoms with Crippen molar-refractivity contribution >= 4 is 21.6 Å². The SMILES string of the molecule is CCC(CN)NS(=O)(=O)c1ccc(C#N)c(Cl)c1. The third-order valence-corrected chi connectivity index (χ3v) is 4.30. The minimum absolute atomic E-state index is 0.0263. The van der Waals surface area contributed by atoms with Crippen LogP contribution in [-0.2, 0) is 10.0 Å². The van der Waals surface area contributed by atoms with Gasteiger partial charge in [0.25, 0.3) is 0 Å². The van der Waals surface area contributed by atoms with Crippen LogP contribution in [-0.4, -0.2) is 21.0 Å². The Balaban J connectivity index is 3.06.